The van der Waals surface area contributed by atoms with Crippen molar-refractivity contribution in [2.45, 2.75) is 6.61 Å². The Bertz CT molecular complexity index is 244. The summed E-state index contributed by atoms with van der Waals surface area (Å²) in [6, 6.07) is 0. The quantitative estimate of drug-likeness (QED) is 0.469. The molecule has 66 valence electrons. The van der Waals surface area contributed by atoms with Gasteiger partial charge in [0.2, 0.25) is 11.9 Å². The Morgan fingerprint density at radius 1 is 1.08 bits per heavy atom. The van der Waals surface area contributed by atoms with E-state index in [1.807, 2.05) is 0 Å². The Morgan fingerprint density at radius 2 is 1.67 bits per heavy atom. The molecular weight excluding hydrogens is 160 g/mol. The summed E-state index contributed by atoms with van der Waals surface area (Å²) in [7, 11) is 0. The smallest absolute Gasteiger partial charge is 0.225 e. The van der Waals surface area contributed by atoms with Crippen LogP contribution in [0.4, 0.5) is 11.9 Å². The number of ether oxygens (including phenoxy) is 1. The average Bonchev–Trinajstić information content (AvgIpc) is 1.99. The van der Waals surface area contributed by atoms with Crippen molar-refractivity contribution in [3.63, 3.8) is 0 Å². The highest BCUT2D eigenvalue weighted by atomic mass is 16.5. The number of aromatic nitrogens is 3. The number of anilines is 2. The van der Waals surface area contributed by atoms with E-state index in [0.29, 0.717) is 5.82 Å². The van der Waals surface area contributed by atoms with Gasteiger partial charge in [0.05, 0.1) is 6.73 Å². The van der Waals surface area contributed by atoms with Crippen LogP contribution in [-0.4, -0.2) is 21.7 Å². The van der Waals surface area contributed by atoms with E-state index in [-0.39, 0.29) is 25.2 Å². The van der Waals surface area contributed by atoms with Crippen LogP contribution in [0.2, 0.25) is 0 Å². The highest BCUT2D eigenvalue weighted by Crippen LogP contribution is 1.99. The van der Waals surface area contributed by atoms with E-state index in [0.717, 1.165) is 0 Å². The molecule has 0 fully saturated rings. The van der Waals surface area contributed by atoms with Gasteiger partial charge in [0.25, 0.3) is 0 Å². The SMILES string of the molecule is NCOCc1nc(N)nc(N)n1. The van der Waals surface area contributed by atoms with E-state index in [9.17, 15) is 0 Å². The van der Waals surface area contributed by atoms with E-state index in [4.69, 9.17) is 21.9 Å². The topological polar surface area (TPSA) is 126 Å². The first-order valence-corrected chi connectivity index (χ1v) is 3.26. The summed E-state index contributed by atoms with van der Waals surface area (Å²) in [5, 5.41) is 0. The summed E-state index contributed by atoms with van der Waals surface area (Å²) in [5.41, 5.74) is 15.7. The second-order valence-electron chi connectivity index (χ2n) is 1.98. The van der Waals surface area contributed by atoms with Gasteiger partial charge in [-0.05, 0) is 0 Å². The maximum Gasteiger partial charge on any atom is 0.225 e. The molecule has 0 amide bonds. The largest absolute Gasteiger partial charge is 0.368 e. The van der Waals surface area contributed by atoms with Gasteiger partial charge in [-0.2, -0.15) is 15.0 Å². The maximum atomic E-state index is 5.30. The van der Waals surface area contributed by atoms with Gasteiger partial charge in [0.1, 0.15) is 6.61 Å². The van der Waals surface area contributed by atoms with Gasteiger partial charge >= 0.3 is 0 Å². The van der Waals surface area contributed by atoms with Crippen LogP contribution in [0.5, 0.6) is 0 Å². The summed E-state index contributed by atoms with van der Waals surface area (Å²) < 4.78 is 4.84. The van der Waals surface area contributed by atoms with Gasteiger partial charge in [-0.15, -0.1) is 0 Å². The first-order chi connectivity index (χ1) is 5.72. The Kier molecular flexibility index (Phi) is 2.72. The molecule has 0 aromatic carbocycles. The van der Waals surface area contributed by atoms with Crippen LogP contribution in [0.25, 0.3) is 0 Å². The van der Waals surface area contributed by atoms with E-state index >= 15 is 0 Å². The molecule has 6 N–H and O–H groups in total. The standard InChI is InChI=1S/C5H10N6O/c6-2-12-1-3-9-4(7)11-5(8)10-3/h1-2,6H2,(H4,7,8,9,10,11). The van der Waals surface area contributed by atoms with E-state index < -0.39 is 0 Å². The van der Waals surface area contributed by atoms with Crippen molar-refractivity contribution in [1.82, 2.24) is 15.0 Å². The summed E-state index contributed by atoms with van der Waals surface area (Å²) in [5.74, 6) is 0.543. The molecule has 1 aromatic heterocycles. The van der Waals surface area contributed by atoms with Gasteiger partial charge in [-0.1, -0.05) is 0 Å². The molecule has 0 saturated carbocycles. The van der Waals surface area contributed by atoms with Crippen molar-refractivity contribution in [2.24, 2.45) is 5.73 Å². The molecule has 0 aliphatic rings. The Morgan fingerprint density at radius 3 is 2.17 bits per heavy atom. The van der Waals surface area contributed by atoms with E-state index in [1.54, 1.807) is 0 Å². The minimum absolute atomic E-state index is 0.0816. The summed E-state index contributed by atoms with van der Waals surface area (Å²) in [6.45, 7) is 0.291. The normalized spacial score (nSPS) is 10.1. The second kappa shape index (κ2) is 3.79. The fourth-order valence-corrected chi connectivity index (χ4v) is 0.672. The number of nitrogen functional groups attached to an aromatic ring is 2. The van der Waals surface area contributed by atoms with Gasteiger partial charge < -0.3 is 21.9 Å². The molecule has 0 aliphatic heterocycles. The molecule has 0 spiro atoms. The predicted octanol–water partition coefficient (Wildman–Crippen LogP) is -1.53. The molecule has 0 unspecified atom stereocenters. The number of hydrogen-bond acceptors (Lipinski definition) is 7. The van der Waals surface area contributed by atoms with E-state index in [2.05, 4.69) is 15.0 Å². The Balaban J connectivity index is 2.72. The average molecular weight is 170 g/mol. The van der Waals surface area contributed by atoms with E-state index in [1.165, 1.54) is 0 Å². The number of rotatable bonds is 3. The molecule has 0 aliphatic carbocycles. The van der Waals surface area contributed by atoms with Crippen molar-refractivity contribution in [2.75, 3.05) is 18.2 Å². The number of nitrogens with zero attached hydrogens (tertiary/aromatic N) is 3. The third-order valence-corrected chi connectivity index (χ3v) is 1.07. The third kappa shape index (κ3) is 2.29. The third-order valence-electron chi connectivity index (χ3n) is 1.07. The lowest BCUT2D eigenvalue weighted by molar-refractivity contribution is 0.122. The summed E-state index contributed by atoms with van der Waals surface area (Å²) >= 11 is 0. The Labute approximate surface area is 69.0 Å². The van der Waals surface area contributed by atoms with Crippen LogP contribution >= 0.6 is 0 Å². The number of hydrogen-bond donors (Lipinski definition) is 3. The van der Waals surface area contributed by atoms with Crippen LogP contribution in [-0.2, 0) is 11.3 Å². The minimum Gasteiger partial charge on any atom is -0.368 e. The molecule has 1 heterocycles. The summed E-state index contributed by atoms with van der Waals surface area (Å²) in [4.78, 5) is 11.1. The zero-order valence-corrected chi connectivity index (χ0v) is 6.40. The van der Waals surface area contributed by atoms with Gasteiger partial charge in [-0.3, -0.25) is 0 Å². The van der Waals surface area contributed by atoms with Crippen molar-refractivity contribution in [3.05, 3.63) is 5.82 Å². The van der Waals surface area contributed by atoms with Gasteiger partial charge in [0, 0.05) is 0 Å². The zero-order valence-electron chi connectivity index (χ0n) is 6.40. The predicted molar refractivity (Wildman–Crippen MR) is 42.5 cm³/mol. The highest BCUT2D eigenvalue weighted by molar-refractivity contribution is 5.25. The molecule has 1 rings (SSSR count). The fraction of sp³-hybridized carbons (Fsp3) is 0.400. The molecule has 12 heavy (non-hydrogen) atoms. The molecule has 1 aromatic rings. The van der Waals surface area contributed by atoms with Crippen LogP contribution in [0, 0.1) is 0 Å². The molecule has 0 bridgehead atoms. The van der Waals surface area contributed by atoms with Crippen LogP contribution in [0.15, 0.2) is 0 Å². The van der Waals surface area contributed by atoms with Crippen molar-refractivity contribution < 1.29 is 4.74 Å². The first-order valence-electron chi connectivity index (χ1n) is 3.26. The van der Waals surface area contributed by atoms with Crippen molar-refractivity contribution in [3.8, 4) is 0 Å². The number of nitrogens with two attached hydrogens (primary N) is 3. The highest BCUT2D eigenvalue weighted by Gasteiger charge is 2.00. The molecule has 0 saturated heterocycles. The lowest BCUT2D eigenvalue weighted by Gasteiger charge is -2.00. The fourth-order valence-electron chi connectivity index (χ4n) is 0.672. The Hall–Kier alpha value is -1.47. The second-order valence-corrected chi connectivity index (χ2v) is 1.98. The monoisotopic (exact) mass is 170 g/mol. The molecule has 7 nitrogen and oxygen atoms in total. The van der Waals surface area contributed by atoms with Crippen molar-refractivity contribution >= 4 is 11.9 Å². The van der Waals surface area contributed by atoms with Crippen molar-refractivity contribution in [1.29, 1.82) is 0 Å². The zero-order chi connectivity index (χ0) is 8.97. The molecule has 7 heteroatoms. The lowest BCUT2D eigenvalue weighted by atomic mass is 10.6. The van der Waals surface area contributed by atoms with Crippen LogP contribution < -0.4 is 17.2 Å². The summed E-state index contributed by atoms with van der Waals surface area (Å²) in [6.07, 6.45) is 0. The van der Waals surface area contributed by atoms with Gasteiger partial charge in [-0.25, -0.2) is 0 Å². The van der Waals surface area contributed by atoms with Crippen LogP contribution in [0.1, 0.15) is 5.82 Å². The molecule has 0 radical (unpaired) electrons. The minimum atomic E-state index is 0.0816. The lowest BCUT2D eigenvalue weighted by Crippen LogP contribution is -2.10. The first kappa shape index (κ1) is 8.62. The molecular formula is C5H10N6O. The molecule has 0 atom stereocenters. The van der Waals surface area contributed by atoms with Crippen LogP contribution in [0.3, 0.4) is 0 Å². The van der Waals surface area contributed by atoms with Gasteiger partial charge in [0.15, 0.2) is 5.82 Å². The maximum absolute atomic E-state index is 5.30.